The van der Waals surface area contributed by atoms with Gasteiger partial charge in [0.15, 0.2) is 0 Å². The standard InChI is InChI=1S/C13H22N2OS/c1-2-16-9-6-12-15-11(10-17-12)13(14)7-4-3-5-8-13/h10H,2-9,14H2,1H3. The van der Waals surface area contributed by atoms with Crippen molar-refractivity contribution in [2.45, 2.75) is 51.0 Å². The largest absolute Gasteiger partial charge is 0.381 e. The molecule has 17 heavy (non-hydrogen) atoms. The highest BCUT2D eigenvalue weighted by Gasteiger charge is 2.31. The molecule has 0 spiro atoms. The number of ether oxygens (including phenoxy) is 1. The first-order valence-electron chi connectivity index (χ1n) is 6.56. The zero-order chi connectivity index (χ0) is 12.1. The minimum atomic E-state index is -0.154. The third-order valence-corrected chi connectivity index (χ3v) is 4.38. The maximum Gasteiger partial charge on any atom is 0.0952 e. The maximum absolute atomic E-state index is 6.46. The normalized spacial score (nSPS) is 19.4. The van der Waals surface area contributed by atoms with Crippen molar-refractivity contribution in [2.75, 3.05) is 13.2 Å². The van der Waals surface area contributed by atoms with Gasteiger partial charge in [0.05, 0.1) is 22.8 Å². The van der Waals surface area contributed by atoms with E-state index in [1.54, 1.807) is 11.3 Å². The molecule has 0 aromatic carbocycles. The predicted molar refractivity (Wildman–Crippen MR) is 71.3 cm³/mol. The molecule has 0 amide bonds. The monoisotopic (exact) mass is 254 g/mol. The van der Waals surface area contributed by atoms with Crippen molar-refractivity contribution in [3.05, 3.63) is 16.1 Å². The van der Waals surface area contributed by atoms with Crippen LogP contribution in [0, 0.1) is 0 Å². The maximum atomic E-state index is 6.46. The van der Waals surface area contributed by atoms with Gasteiger partial charge in [-0.1, -0.05) is 19.3 Å². The van der Waals surface area contributed by atoms with E-state index in [0.717, 1.165) is 43.2 Å². The number of thiazole rings is 1. The van der Waals surface area contributed by atoms with Crippen molar-refractivity contribution in [2.24, 2.45) is 5.73 Å². The van der Waals surface area contributed by atoms with Crippen molar-refractivity contribution < 1.29 is 4.74 Å². The van der Waals surface area contributed by atoms with Crippen molar-refractivity contribution in [1.82, 2.24) is 4.98 Å². The lowest BCUT2D eigenvalue weighted by molar-refractivity contribution is 0.150. The minimum absolute atomic E-state index is 0.154. The predicted octanol–water partition coefficient (Wildman–Crippen LogP) is 2.84. The van der Waals surface area contributed by atoms with Crippen molar-refractivity contribution in [3.63, 3.8) is 0 Å². The summed E-state index contributed by atoms with van der Waals surface area (Å²) in [6, 6.07) is 0. The van der Waals surface area contributed by atoms with Crippen LogP contribution in [0.4, 0.5) is 0 Å². The third kappa shape index (κ3) is 3.27. The lowest BCUT2D eigenvalue weighted by Crippen LogP contribution is -2.38. The molecule has 1 aromatic heterocycles. The molecule has 0 unspecified atom stereocenters. The van der Waals surface area contributed by atoms with Crippen LogP contribution in [0.5, 0.6) is 0 Å². The van der Waals surface area contributed by atoms with Crippen LogP contribution in [0.25, 0.3) is 0 Å². The van der Waals surface area contributed by atoms with Gasteiger partial charge in [-0.15, -0.1) is 11.3 Å². The Balaban J connectivity index is 1.96. The van der Waals surface area contributed by atoms with E-state index in [4.69, 9.17) is 15.5 Å². The first-order chi connectivity index (χ1) is 8.24. The molecule has 96 valence electrons. The number of nitrogens with zero attached hydrogens (tertiary/aromatic N) is 1. The van der Waals surface area contributed by atoms with E-state index < -0.39 is 0 Å². The molecule has 2 rings (SSSR count). The molecule has 0 aliphatic heterocycles. The van der Waals surface area contributed by atoms with Crippen LogP contribution < -0.4 is 5.73 Å². The van der Waals surface area contributed by atoms with Crippen LogP contribution in [0.15, 0.2) is 5.38 Å². The van der Waals surface area contributed by atoms with Crippen LogP contribution in [0.1, 0.15) is 49.7 Å². The summed E-state index contributed by atoms with van der Waals surface area (Å²) in [5.74, 6) is 0. The highest BCUT2D eigenvalue weighted by atomic mass is 32.1. The Morgan fingerprint density at radius 2 is 2.18 bits per heavy atom. The van der Waals surface area contributed by atoms with Gasteiger partial charge < -0.3 is 10.5 Å². The molecule has 4 heteroatoms. The summed E-state index contributed by atoms with van der Waals surface area (Å²) >= 11 is 1.72. The van der Waals surface area contributed by atoms with E-state index in [-0.39, 0.29) is 5.54 Å². The summed E-state index contributed by atoms with van der Waals surface area (Å²) in [6.07, 6.45) is 6.88. The summed E-state index contributed by atoms with van der Waals surface area (Å²) in [5.41, 5.74) is 7.41. The first-order valence-corrected chi connectivity index (χ1v) is 7.44. The van der Waals surface area contributed by atoms with Gasteiger partial charge in [-0.05, 0) is 19.8 Å². The molecule has 0 radical (unpaired) electrons. The van der Waals surface area contributed by atoms with Gasteiger partial charge in [0.1, 0.15) is 0 Å². The second-order valence-corrected chi connectivity index (χ2v) is 5.73. The molecule has 1 heterocycles. The minimum Gasteiger partial charge on any atom is -0.381 e. The van der Waals surface area contributed by atoms with Gasteiger partial charge in [0, 0.05) is 18.4 Å². The van der Waals surface area contributed by atoms with Crippen LogP contribution in [-0.4, -0.2) is 18.2 Å². The highest BCUT2D eigenvalue weighted by molar-refractivity contribution is 7.09. The summed E-state index contributed by atoms with van der Waals surface area (Å²) in [7, 11) is 0. The Hall–Kier alpha value is -0.450. The Labute approximate surface area is 107 Å². The number of nitrogens with two attached hydrogens (primary N) is 1. The fourth-order valence-electron chi connectivity index (χ4n) is 2.40. The topological polar surface area (TPSA) is 48.1 Å². The molecular formula is C13H22N2OS. The van der Waals surface area contributed by atoms with E-state index in [0.29, 0.717) is 0 Å². The fourth-order valence-corrected chi connectivity index (χ4v) is 3.28. The summed E-state index contributed by atoms with van der Waals surface area (Å²) in [4.78, 5) is 4.69. The van der Waals surface area contributed by atoms with E-state index in [9.17, 15) is 0 Å². The van der Waals surface area contributed by atoms with Crippen molar-refractivity contribution in [1.29, 1.82) is 0 Å². The smallest absolute Gasteiger partial charge is 0.0952 e. The SMILES string of the molecule is CCOCCc1nc(C2(N)CCCCC2)cs1. The number of hydrogen-bond donors (Lipinski definition) is 1. The van der Waals surface area contributed by atoms with E-state index in [1.807, 2.05) is 6.92 Å². The van der Waals surface area contributed by atoms with Gasteiger partial charge in [-0.25, -0.2) is 4.98 Å². The van der Waals surface area contributed by atoms with E-state index >= 15 is 0 Å². The quantitative estimate of drug-likeness (QED) is 0.822. The van der Waals surface area contributed by atoms with Gasteiger partial charge in [-0.2, -0.15) is 0 Å². The molecular weight excluding hydrogens is 232 g/mol. The van der Waals surface area contributed by atoms with Gasteiger partial charge in [-0.3, -0.25) is 0 Å². The van der Waals surface area contributed by atoms with Gasteiger partial charge >= 0.3 is 0 Å². The van der Waals surface area contributed by atoms with Crippen LogP contribution in [0.2, 0.25) is 0 Å². The molecule has 2 N–H and O–H groups in total. The number of aromatic nitrogens is 1. The second kappa shape index (κ2) is 5.94. The number of hydrogen-bond acceptors (Lipinski definition) is 4. The molecule has 3 nitrogen and oxygen atoms in total. The van der Waals surface area contributed by atoms with Crippen LogP contribution in [-0.2, 0) is 16.7 Å². The number of rotatable bonds is 5. The van der Waals surface area contributed by atoms with Crippen LogP contribution >= 0.6 is 11.3 Å². The molecule has 1 fully saturated rings. The van der Waals surface area contributed by atoms with Gasteiger partial charge in [0.25, 0.3) is 0 Å². The third-order valence-electron chi connectivity index (χ3n) is 3.47. The average Bonchev–Trinajstić information content (AvgIpc) is 2.80. The summed E-state index contributed by atoms with van der Waals surface area (Å²) in [5, 5.41) is 3.30. The summed E-state index contributed by atoms with van der Waals surface area (Å²) in [6.45, 7) is 3.56. The second-order valence-electron chi connectivity index (χ2n) is 4.79. The average molecular weight is 254 g/mol. The van der Waals surface area contributed by atoms with E-state index in [1.165, 1.54) is 19.3 Å². The molecule has 0 atom stereocenters. The fraction of sp³-hybridized carbons (Fsp3) is 0.769. The van der Waals surface area contributed by atoms with Crippen molar-refractivity contribution in [3.8, 4) is 0 Å². The highest BCUT2D eigenvalue weighted by Crippen LogP contribution is 2.35. The lowest BCUT2D eigenvalue weighted by Gasteiger charge is -2.31. The lowest BCUT2D eigenvalue weighted by atomic mass is 9.81. The zero-order valence-electron chi connectivity index (χ0n) is 10.6. The summed E-state index contributed by atoms with van der Waals surface area (Å²) < 4.78 is 5.35. The van der Waals surface area contributed by atoms with Crippen molar-refractivity contribution >= 4 is 11.3 Å². The zero-order valence-corrected chi connectivity index (χ0v) is 11.4. The first kappa shape index (κ1) is 13.0. The molecule has 1 saturated carbocycles. The Bertz CT molecular complexity index is 345. The van der Waals surface area contributed by atoms with Crippen LogP contribution in [0.3, 0.4) is 0 Å². The molecule has 1 aromatic rings. The van der Waals surface area contributed by atoms with E-state index in [2.05, 4.69) is 5.38 Å². The Morgan fingerprint density at radius 1 is 1.41 bits per heavy atom. The van der Waals surface area contributed by atoms with Gasteiger partial charge in [0.2, 0.25) is 0 Å². The molecule has 1 aliphatic carbocycles. The Kier molecular flexibility index (Phi) is 4.54. The molecule has 0 bridgehead atoms. The molecule has 0 saturated heterocycles. The Morgan fingerprint density at radius 3 is 2.88 bits per heavy atom. The molecule has 1 aliphatic rings.